The summed E-state index contributed by atoms with van der Waals surface area (Å²) in [4.78, 5) is 14.9. The first-order chi connectivity index (χ1) is 11.5. The largest absolute Gasteiger partial charge is 0.496 e. The molecule has 0 radical (unpaired) electrons. The van der Waals surface area contributed by atoms with Gasteiger partial charge in [0.2, 0.25) is 5.95 Å². The van der Waals surface area contributed by atoms with Crippen LogP contribution in [0.15, 0.2) is 6.20 Å². The topological polar surface area (TPSA) is 97.4 Å². The molecule has 0 spiro atoms. The number of ether oxygens (including phenoxy) is 1. The minimum absolute atomic E-state index is 0.0277. The van der Waals surface area contributed by atoms with Crippen molar-refractivity contribution in [2.24, 2.45) is 0 Å². The van der Waals surface area contributed by atoms with Gasteiger partial charge in [0.05, 0.1) is 26.0 Å². The maximum Gasteiger partial charge on any atom is 0.223 e. The Balaban J connectivity index is 1.99. The summed E-state index contributed by atoms with van der Waals surface area (Å²) in [6.07, 6.45) is 1.79. The van der Waals surface area contributed by atoms with Crippen LogP contribution < -0.4 is 15.4 Å². The number of aromatic nitrogens is 3. The third-order valence-electron chi connectivity index (χ3n) is 4.36. The molecule has 0 amide bonds. The van der Waals surface area contributed by atoms with Gasteiger partial charge in [-0.3, -0.25) is 4.98 Å². The number of hydrogen-bond acceptors (Lipinski definition) is 7. The number of nitrogen functional groups attached to an aromatic ring is 1. The molecule has 1 aliphatic heterocycles. The van der Waals surface area contributed by atoms with Crippen LogP contribution in [0.3, 0.4) is 0 Å². The van der Waals surface area contributed by atoms with E-state index in [-0.39, 0.29) is 18.5 Å². The summed E-state index contributed by atoms with van der Waals surface area (Å²) < 4.78 is 5.47. The molecular formula is C16H20ClN5O2. The summed E-state index contributed by atoms with van der Waals surface area (Å²) in [6, 6.07) is 0. The van der Waals surface area contributed by atoms with Gasteiger partial charge in [-0.15, -0.1) is 0 Å². The van der Waals surface area contributed by atoms with Gasteiger partial charge in [-0.25, -0.2) is 4.98 Å². The van der Waals surface area contributed by atoms with Crippen molar-refractivity contribution >= 4 is 23.4 Å². The van der Waals surface area contributed by atoms with E-state index in [0.29, 0.717) is 24.1 Å². The van der Waals surface area contributed by atoms with Crippen LogP contribution in [0, 0.1) is 13.8 Å². The molecule has 3 rings (SSSR count). The molecule has 0 fully saturated rings. The van der Waals surface area contributed by atoms with Crippen LogP contribution in [-0.2, 0) is 6.54 Å². The first-order valence-corrected chi connectivity index (χ1v) is 8.01. The molecule has 128 valence electrons. The standard InChI is InChI=1S/C16H20ClN5O2/c1-8-4-19-11(9(2)13(8)24-3)6-22-5-10(7-23)12-14(17)20-16(18)21-15(12)22/h4,10,23H,5-7H2,1-3H3,(H2,18,20,21)/t10-/m1/s1. The Morgan fingerprint density at radius 2 is 2.17 bits per heavy atom. The lowest BCUT2D eigenvalue weighted by atomic mass is 10.1. The number of halogens is 1. The Kier molecular flexibility index (Phi) is 4.47. The Hall–Kier alpha value is -2.12. The molecule has 0 saturated carbocycles. The van der Waals surface area contributed by atoms with E-state index in [9.17, 15) is 5.11 Å². The number of aryl methyl sites for hydroxylation is 1. The zero-order chi connectivity index (χ0) is 17.4. The van der Waals surface area contributed by atoms with Crippen molar-refractivity contribution in [2.45, 2.75) is 26.3 Å². The fourth-order valence-corrected chi connectivity index (χ4v) is 3.51. The average Bonchev–Trinajstić information content (AvgIpc) is 2.88. The Morgan fingerprint density at radius 1 is 1.42 bits per heavy atom. The fourth-order valence-electron chi connectivity index (χ4n) is 3.18. The number of aliphatic hydroxyl groups excluding tert-OH is 1. The molecule has 1 aliphatic rings. The molecule has 7 nitrogen and oxygen atoms in total. The monoisotopic (exact) mass is 349 g/mol. The second-order valence-electron chi connectivity index (χ2n) is 5.92. The van der Waals surface area contributed by atoms with Gasteiger partial charge in [-0.1, -0.05) is 11.6 Å². The van der Waals surface area contributed by atoms with Gasteiger partial charge in [0.15, 0.2) is 0 Å². The summed E-state index contributed by atoms with van der Waals surface area (Å²) in [6.45, 7) is 5.03. The summed E-state index contributed by atoms with van der Waals surface area (Å²) in [5.41, 5.74) is 9.34. The van der Waals surface area contributed by atoms with Crippen LogP contribution >= 0.6 is 11.6 Å². The lowest BCUT2D eigenvalue weighted by Crippen LogP contribution is -2.24. The van der Waals surface area contributed by atoms with Gasteiger partial charge in [-0.2, -0.15) is 4.98 Å². The number of nitrogens with two attached hydrogens (primary N) is 1. The number of pyridine rings is 1. The number of nitrogens with zero attached hydrogens (tertiary/aromatic N) is 4. The predicted octanol–water partition coefficient (Wildman–Crippen LogP) is 1.83. The van der Waals surface area contributed by atoms with Crippen LogP contribution in [0.1, 0.15) is 28.3 Å². The van der Waals surface area contributed by atoms with Crippen molar-refractivity contribution in [3.63, 3.8) is 0 Å². The molecule has 0 unspecified atom stereocenters. The molecule has 0 bridgehead atoms. The molecule has 8 heteroatoms. The SMILES string of the molecule is COc1c(C)cnc(CN2C[C@H](CO)c3c(Cl)nc(N)nc32)c1C. The molecule has 3 N–H and O–H groups in total. The molecule has 3 heterocycles. The van der Waals surface area contributed by atoms with Crippen molar-refractivity contribution in [2.75, 3.05) is 30.9 Å². The number of hydrogen-bond donors (Lipinski definition) is 2. The van der Waals surface area contributed by atoms with Gasteiger partial charge in [-0.05, 0) is 13.8 Å². The highest BCUT2D eigenvalue weighted by molar-refractivity contribution is 6.30. The van der Waals surface area contributed by atoms with Crippen LogP contribution in [-0.4, -0.2) is 40.3 Å². The predicted molar refractivity (Wildman–Crippen MR) is 92.6 cm³/mol. The molecule has 24 heavy (non-hydrogen) atoms. The molecule has 0 aliphatic carbocycles. The molecule has 2 aromatic heterocycles. The highest BCUT2D eigenvalue weighted by Gasteiger charge is 2.33. The molecule has 2 aromatic rings. The Bertz CT molecular complexity index is 784. The molecule has 0 aromatic carbocycles. The molecular weight excluding hydrogens is 330 g/mol. The van der Waals surface area contributed by atoms with E-state index >= 15 is 0 Å². The summed E-state index contributed by atoms with van der Waals surface area (Å²) in [5, 5.41) is 9.95. The summed E-state index contributed by atoms with van der Waals surface area (Å²) >= 11 is 6.21. The third-order valence-corrected chi connectivity index (χ3v) is 4.64. The van der Waals surface area contributed by atoms with Crippen molar-refractivity contribution in [1.82, 2.24) is 15.0 Å². The van der Waals surface area contributed by atoms with E-state index in [2.05, 4.69) is 15.0 Å². The van der Waals surface area contributed by atoms with E-state index in [0.717, 1.165) is 28.1 Å². The van der Waals surface area contributed by atoms with E-state index in [1.807, 2.05) is 18.7 Å². The second-order valence-corrected chi connectivity index (χ2v) is 6.27. The highest BCUT2D eigenvalue weighted by Crippen LogP contribution is 2.40. The van der Waals surface area contributed by atoms with Crippen LogP contribution in [0.4, 0.5) is 11.8 Å². The molecule has 1 atom stereocenters. The highest BCUT2D eigenvalue weighted by atomic mass is 35.5. The average molecular weight is 350 g/mol. The number of aliphatic hydroxyl groups is 1. The minimum Gasteiger partial charge on any atom is -0.496 e. The smallest absolute Gasteiger partial charge is 0.223 e. The maximum absolute atomic E-state index is 9.66. The van der Waals surface area contributed by atoms with Crippen LogP contribution in [0.5, 0.6) is 5.75 Å². The van der Waals surface area contributed by atoms with E-state index in [4.69, 9.17) is 22.1 Å². The quantitative estimate of drug-likeness (QED) is 0.812. The van der Waals surface area contributed by atoms with E-state index in [1.54, 1.807) is 13.3 Å². The first kappa shape index (κ1) is 16.7. The third kappa shape index (κ3) is 2.74. The first-order valence-electron chi connectivity index (χ1n) is 7.64. The number of fused-ring (bicyclic) bond motifs is 1. The number of methoxy groups -OCH3 is 1. The number of rotatable bonds is 4. The van der Waals surface area contributed by atoms with Crippen LogP contribution in [0.25, 0.3) is 0 Å². The van der Waals surface area contributed by atoms with Gasteiger partial charge in [0.1, 0.15) is 16.7 Å². The lowest BCUT2D eigenvalue weighted by molar-refractivity contribution is 0.270. The Morgan fingerprint density at radius 3 is 2.83 bits per heavy atom. The van der Waals surface area contributed by atoms with Gasteiger partial charge < -0.3 is 20.5 Å². The number of anilines is 2. The zero-order valence-electron chi connectivity index (χ0n) is 13.9. The fraction of sp³-hybridized carbons (Fsp3) is 0.438. The van der Waals surface area contributed by atoms with Crippen molar-refractivity contribution < 1.29 is 9.84 Å². The van der Waals surface area contributed by atoms with E-state index in [1.165, 1.54) is 0 Å². The van der Waals surface area contributed by atoms with Crippen molar-refractivity contribution in [3.8, 4) is 5.75 Å². The lowest BCUT2D eigenvalue weighted by Gasteiger charge is -2.20. The minimum atomic E-state index is -0.138. The normalized spacial score (nSPS) is 16.4. The maximum atomic E-state index is 9.66. The van der Waals surface area contributed by atoms with Crippen molar-refractivity contribution in [1.29, 1.82) is 0 Å². The van der Waals surface area contributed by atoms with E-state index < -0.39 is 0 Å². The van der Waals surface area contributed by atoms with Crippen molar-refractivity contribution in [3.05, 3.63) is 33.7 Å². The van der Waals surface area contributed by atoms with Crippen LogP contribution in [0.2, 0.25) is 5.15 Å². The van der Waals surface area contributed by atoms with Gasteiger partial charge in [0, 0.05) is 35.3 Å². The summed E-state index contributed by atoms with van der Waals surface area (Å²) in [5.74, 6) is 1.47. The molecule has 0 saturated heterocycles. The second kappa shape index (κ2) is 6.41. The van der Waals surface area contributed by atoms with Gasteiger partial charge in [0.25, 0.3) is 0 Å². The Labute approximate surface area is 145 Å². The zero-order valence-corrected chi connectivity index (χ0v) is 14.6. The summed E-state index contributed by atoms with van der Waals surface area (Å²) in [7, 11) is 1.65. The van der Waals surface area contributed by atoms with Gasteiger partial charge >= 0.3 is 0 Å².